The van der Waals surface area contributed by atoms with Crippen LogP contribution in [0.1, 0.15) is 5.82 Å². The van der Waals surface area contributed by atoms with Crippen molar-refractivity contribution >= 4 is 12.4 Å². The Kier molecular flexibility index (Phi) is 5.48. The van der Waals surface area contributed by atoms with Gasteiger partial charge in [-0.05, 0) is 11.8 Å². The lowest BCUT2D eigenvalue weighted by atomic mass is 10.4. The third kappa shape index (κ3) is 3.10. The van der Waals surface area contributed by atoms with E-state index in [-0.39, 0.29) is 19.0 Å². The molecule has 5 nitrogen and oxygen atoms in total. The highest BCUT2D eigenvalue weighted by Gasteiger charge is 1.99. The van der Waals surface area contributed by atoms with Gasteiger partial charge in [0.05, 0.1) is 6.54 Å². The van der Waals surface area contributed by atoms with Gasteiger partial charge in [-0.15, -0.1) is 22.6 Å². The van der Waals surface area contributed by atoms with Gasteiger partial charge in [0.25, 0.3) is 0 Å². The van der Waals surface area contributed by atoms with Crippen LogP contribution in [0.5, 0.6) is 0 Å². The maximum absolute atomic E-state index is 11.7. The number of hydrogen-bond donors (Lipinski definition) is 1. The summed E-state index contributed by atoms with van der Waals surface area (Å²) >= 11 is 0. The van der Waals surface area contributed by atoms with Crippen LogP contribution in [0, 0.1) is 0 Å². The van der Waals surface area contributed by atoms with Crippen molar-refractivity contribution in [2.24, 2.45) is 5.73 Å². The predicted octanol–water partition coefficient (Wildman–Crippen LogP) is -0.434. The minimum atomic E-state index is -0.474. The Morgan fingerprint density at radius 1 is 1.50 bits per heavy atom. The van der Waals surface area contributed by atoms with Crippen molar-refractivity contribution < 1.29 is 4.39 Å². The van der Waals surface area contributed by atoms with E-state index in [1.54, 1.807) is 0 Å². The topological polar surface area (TPSA) is 69.6 Å². The summed E-state index contributed by atoms with van der Waals surface area (Å²) in [6, 6.07) is 0. The van der Waals surface area contributed by atoms with Gasteiger partial charge in [0, 0.05) is 6.42 Å². The molecule has 0 fully saturated rings. The van der Waals surface area contributed by atoms with Crippen LogP contribution in [0.15, 0.2) is 0 Å². The van der Waals surface area contributed by atoms with Gasteiger partial charge in [0.2, 0.25) is 0 Å². The lowest BCUT2D eigenvalue weighted by Crippen LogP contribution is -2.06. The SMILES string of the molecule is Cl.NCCc1nnn(CCF)n1. The van der Waals surface area contributed by atoms with Crippen molar-refractivity contribution in [1.82, 2.24) is 20.2 Å². The van der Waals surface area contributed by atoms with E-state index >= 15 is 0 Å². The van der Waals surface area contributed by atoms with Crippen LogP contribution in [0.25, 0.3) is 0 Å². The van der Waals surface area contributed by atoms with E-state index in [4.69, 9.17) is 5.73 Å². The minimum Gasteiger partial charge on any atom is -0.330 e. The predicted molar refractivity (Wildman–Crippen MR) is 43.8 cm³/mol. The molecule has 0 aliphatic rings. The molecule has 1 aromatic rings. The molecule has 1 heterocycles. The van der Waals surface area contributed by atoms with Gasteiger partial charge in [0.1, 0.15) is 6.67 Å². The number of rotatable bonds is 4. The quantitative estimate of drug-likeness (QED) is 0.708. The summed E-state index contributed by atoms with van der Waals surface area (Å²) in [5.74, 6) is 0.570. The summed E-state index contributed by atoms with van der Waals surface area (Å²) < 4.78 is 11.7. The highest BCUT2D eigenvalue weighted by molar-refractivity contribution is 5.85. The minimum absolute atomic E-state index is 0. The first-order chi connectivity index (χ1) is 5.36. The van der Waals surface area contributed by atoms with E-state index in [2.05, 4.69) is 15.4 Å². The molecule has 0 radical (unpaired) electrons. The molecule has 0 atom stereocenters. The van der Waals surface area contributed by atoms with E-state index in [9.17, 15) is 4.39 Å². The van der Waals surface area contributed by atoms with E-state index in [1.807, 2.05) is 0 Å². The number of aromatic nitrogens is 4. The van der Waals surface area contributed by atoms with E-state index in [0.717, 1.165) is 0 Å². The van der Waals surface area contributed by atoms with Gasteiger partial charge < -0.3 is 5.73 Å². The lowest BCUT2D eigenvalue weighted by Gasteiger charge is -1.89. The Bertz CT molecular complexity index is 195. The lowest BCUT2D eigenvalue weighted by molar-refractivity contribution is 0.396. The fourth-order valence-electron chi connectivity index (χ4n) is 0.676. The number of tetrazole rings is 1. The van der Waals surface area contributed by atoms with Crippen molar-refractivity contribution in [2.75, 3.05) is 13.2 Å². The van der Waals surface area contributed by atoms with Gasteiger partial charge in [-0.1, -0.05) is 0 Å². The molecule has 12 heavy (non-hydrogen) atoms. The van der Waals surface area contributed by atoms with Crippen LogP contribution in [0.4, 0.5) is 4.39 Å². The van der Waals surface area contributed by atoms with Crippen molar-refractivity contribution in [1.29, 1.82) is 0 Å². The Labute approximate surface area is 75.5 Å². The highest BCUT2D eigenvalue weighted by Crippen LogP contribution is 1.86. The summed E-state index contributed by atoms with van der Waals surface area (Å²) in [5, 5.41) is 11.1. The van der Waals surface area contributed by atoms with Gasteiger partial charge in [-0.2, -0.15) is 4.80 Å². The molecule has 2 N–H and O–H groups in total. The zero-order valence-electron chi connectivity index (χ0n) is 6.48. The normalized spacial score (nSPS) is 9.50. The summed E-state index contributed by atoms with van der Waals surface area (Å²) in [6.45, 7) is 0.178. The number of nitrogens with two attached hydrogens (primary N) is 1. The monoisotopic (exact) mass is 195 g/mol. The van der Waals surface area contributed by atoms with Crippen molar-refractivity contribution in [3.8, 4) is 0 Å². The van der Waals surface area contributed by atoms with Gasteiger partial charge >= 0.3 is 0 Å². The molecule has 1 aromatic heterocycles. The molecule has 0 amide bonds. The van der Waals surface area contributed by atoms with Crippen LogP contribution in [0.3, 0.4) is 0 Å². The first-order valence-corrected chi connectivity index (χ1v) is 3.39. The molecule has 70 valence electrons. The Balaban J connectivity index is 0.00000121. The zero-order valence-corrected chi connectivity index (χ0v) is 7.30. The van der Waals surface area contributed by atoms with Gasteiger partial charge in [-0.25, -0.2) is 4.39 Å². The van der Waals surface area contributed by atoms with Crippen LogP contribution in [-0.2, 0) is 13.0 Å². The fraction of sp³-hybridized carbons (Fsp3) is 0.800. The summed E-state index contributed by atoms with van der Waals surface area (Å²) in [5.41, 5.74) is 5.25. The smallest absolute Gasteiger partial charge is 0.176 e. The molecular formula is C5H11ClFN5. The first kappa shape index (κ1) is 11.2. The first-order valence-electron chi connectivity index (χ1n) is 3.39. The number of alkyl halides is 1. The number of nitrogens with zero attached hydrogens (tertiary/aromatic N) is 4. The summed E-state index contributed by atoms with van der Waals surface area (Å²) in [6.07, 6.45) is 0.590. The number of halogens is 2. The highest BCUT2D eigenvalue weighted by atomic mass is 35.5. The fourth-order valence-corrected chi connectivity index (χ4v) is 0.676. The van der Waals surface area contributed by atoms with E-state index in [0.29, 0.717) is 18.8 Å². The molecule has 0 aromatic carbocycles. The third-order valence-electron chi connectivity index (χ3n) is 1.15. The second kappa shape index (κ2) is 5.84. The number of hydrogen-bond acceptors (Lipinski definition) is 4. The zero-order chi connectivity index (χ0) is 8.10. The maximum atomic E-state index is 11.7. The van der Waals surface area contributed by atoms with Crippen molar-refractivity contribution in [2.45, 2.75) is 13.0 Å². The second-order valence-corrected chi connectivity index (χ2v) is 2.03. The molecule has 0 bridgehead atoms. The number of aryl methyl sites for hydroxylation is 1. The summed E-state index contributed by atoms with van der Waals surface area (Å²) in [7, 11) is 0. The van der Waals surface area contributed by atoms with Crippen LogP contribution < -0.4 is 5.73 Å². The standard InChI is InChI=1S/C5H10FN5.ClH/c6-2-4-11-9-5(1-3-7)8-10-11;/h1-4,7H2;1H. The van der Waals surface area contributed by atoms with Crippen molar-refractivity contribution in [3.05, 3.63) is 5.82 Å². The van der Waals surface area contributed by atoms with Crippen LogP contribution in [-0.4, -0.2) is 33.4 Å². The van der Waals surface area contributed by atoms with Crippen molar-refractivity contribution in [3.63, 3.8) is 0 Å². The summed E-state index contributed by atoms with van der Waals surface area (Å²) in [4.78, 5) is 1.23. The second-order valence-electron chi connectivity index (χ2n) is 2.03. The molecule has 0 aliphatic carbocycles. The Morgan fingerprint density at radius 2 is 2.25 bits per heavy atom. The Hall–Kier alpha value is -0.750. The molecular weight excluding hydrogens is 185 g/mol. The molecule has 0 spiro atoms. The maximum Gasteiger partial charge on any atom is 0.176 e. The van der Waals surface area contributed by atoms with Gasteiger partial charge in [0.15, 0.2) is 5.82 Å². The molecule has 0 unspecified atom stereocenters. The Morgan fingerprint density at radius 3 is 2.83 bits per heavy atom. The molecule has 0 aliphatic heterocycles. The van der Waals surface area contributed by atoms with E-state index < -0.39 is 6.67 Å². The largest absolute Gasteiger partial charge is 0.330 e. The van der Waals surface area contributed by atoms with Crippen LogP contribution >= 0.6 is 12.4 Å². The average Bonchev–Trinajstić information content (AvgIpc) is 2.38. The molecule has 0 saturated carbocycles. The third-order valence-corrected chi connectivity index (χ3v) is 1.15. The molecule has 1 rings (SSSR count). The average molecular weight is 196 g/mol. The molecule has 7 heteroatoms. The molecule has 0 saturated heterocycles. The van der Waals surface area contributed by atoms with Gasteiger partial charge in [-0.3, -0.25) is 0 Å². The van der Waals surface area contributed by atoms with E-state index in [1.165, 1.54) is 4.80 Å². The van der Waals surface area contributed by atoms with Crippen LogP contribution in [0.2, 0.25) is 0 Å².